The molecule has 2 aromatic carbocycles. The van der Waals surface area contributed by atoms with Crippen molar-refractivity contribution in [2.45, 2.75) is 0 Å². The molecule has 0 N–H and O–H groups in total. The first-order chi connectivity index (χ1) is 7.86. The fourth-order valence-electron chi connectivity index (χ4n) is 1.73. The van der Waals surface area contributed by atoms with Crippen LogP contribution in [0.15, 0.2) is 48.5 Å². The van der Waals surface area contributed by atoms with Gasteiger partial charge in [-0.05, 0) is 48.5 Å². The van der Waals surface area contributed by atoms with Gasteiger partial charge in [-0.2, -0.15) is 5.26 Å². The number of hydrogen-bond donors (Lipinski definition) is 0. The highest BCUT2D eigenvalue weighted by Gasteiger charge is 2.11. The fourth-order valence-corrected chi connectivity index (χ4v) is 1.73. The highest BCUT2D eigenvalue weighted by Crippen LogP contribution is 2.32. The highest BCUT2D eigenvalue weighted by molar-refractivity contribution is 5.68. The Balaban J connectivity index is 2.25. The van der Waals surface area contributed by atoms with Crippen molar-refractivity contribution < 1.29 is 4.74 Å². The van der Waals surface area contributed by atoms with Gasteiger partial charge in [-0.3, -0.25) is 0 Å². The van der Waals surface area contributed by atoms with E-state index < -0.39 is 0 Å². The van der Waals surface area contributed by atoms with Crippen LogP contribution in [0.25, 0.3) is 0 Å². The molecule has 0 atom stereocenters. The number of nitrogens with zero attached hydrogens (tertiary/aromatic N) is 2. The molecule has 0 saturated heterocycles. The van der Waals surface area contributed by atoms with Gasteiger partial charge in [0.2, 0.25) is 0 Å². The van der Waals surface area contributed by atoms with Crippen molar-refractivity contribution in [1.82, 2.24) is 0 Å². The Labute approximate surface area is 93.1 Å². The van der Waals surface area contributed by atoms with Crippen LogP contribution in [0.3, 0.4) is 0 Å². The van der Waals surface area contributed by atoms with E-state index in [4.69, 9.17) is 10.00 Å². The molecule has 0 aromatic heterocycles. The quantitative estimate of drug-likeness (QED) is 0.622. The molecule has 2 aromatic rings. The van der Waals surface area contributed by atoms with Crippen LogP contribution in [-0.2, 0) is 0 Å². The van der Waals surface area contributed by atoms with Crippen LogP contribution >= 0.6 is 0 Å². The van der Waals surface area contributed by atoms with Crippen molar-refractivity contribution in [2.75, 3.05) is 4.90 Å². The molecule has 4 aliphatic heterocycles. The zero-order valence-corrected chi connectivity index (χ0v) is 8.42. The molecule has 0 spiro atoms. The van der Waals surface area contributed by atoms with Gasteiger partial charge in [0.15, 0.2) is 6.19 Å². The van der Waals surface area contributed by atoms with Gasteiger partial charge in [-0.1, -0.05) is 0 Å². The third kappa shape index (κ3) is 1.29. The molecule has 3 heteroatoms. The van der Waals surface area contributed by atoms with E-state index in [1.54, 1.807) is 4.90 Å². The summed E-state index contributed by atoms with van der Waals surface area (Å²) < 4.78 is 5.63. The lowest BCUT2D eigenvalue weighted by Gasteiger charge is -2.18. The summed E-state index contributed by atoms with van der Waals surface area (Å²) in [7, 11) is 0. The van der Waals surface area contributed by atoms with Gasteiger partial charge in [0.05, 0.1) is 11.4 Å². The standard InChI is InChI=1S/C13H8N2O/c14-9-15-10-1-5-12(6-2-10)16-13-7-3-11(15)4-8-13/h1-8H. The van der Waals surface area contributed by atoms with Crippen LogP contribution in [0.2, 0.25) is 0 Å². The van der Waals surface area contributed by atoms with Crippen molar-refractivity contribution in [3.8, 4) is 17.7 Å². The average Bonchev–Trinajstić information content (AvgIpc) is 2.36. The maximum Gasteiger partial charge on any atom is 0.189 e. The van der Waals surface area contributed by atoms with E-state index in [2.05, 4.69) is 6.19 Å². The molecule has 0 amide bonds. The molecule has 0 aliphatic carbocycles. The highest BCUT2D eigenvalue weighted by atomic mass is 16.5. The maximum absolute atomic E-state index is 9.16. The molecule has 0 radical (unpaired) electrons. The minimum Gasteiger partial charge on any atom is -0.457 e. The zero-order chi connectivity index (χ0) is 11.0. The van der Waals surface area contributed by atoms with Gasteiger partial charge in [0.25, 0.3) is 0 Å². The van der Waals surface area contributed by atoms with Crippen molar-refractivity contribution >= 4 is 11.4 Å². The Hall–Kier alpha value is -2.47. The number of anilines is 2. The van der Waals surface area contributed by atoms with E-state index in [-0.39, 0.29) is 0 Å². The summed E-state index contributed by atoms with van der Waals surface area (Å²) in [6, 6.07) is 14.9. The second-order valence-corrected chi connectivity index (χ2v) is 3.53. The van der Waals surface area contributed by atoms with Gasteiger partial charge in [-0.15, -0.1) is 0 Å². The van der Waals surface area contributed by atoms with Gasteiger partial charge in [0.1, 0.15) is 11.5 Å². The van der Waals surface area contributed by atoms with E-state index >= 15 is 0 Å². The average molecular weight is 208 g/mol. The van der Waals surface area contributed by atoms with Crippen LogP contribution in [0.1, 0.15) is 0 Å². The summed E-state index contributed by atoms with van der Waals surface area (Å²) in [6.45, 7) is 0. The molecule has 4 aliphatic rings. The van der Waals surface area contributed by atoms with Crippen LogP contribution < -0.4 is 9.64 Å². The zero-order valence-electron chi connectivity index (χ0n) is 8.42. The summed E-state index contributed by atoms with van der Waals surface area (Å²) in [5.41, 5.74) is 1.68. The minimum atomic E-state index is 0.774. The molecule has 4 bridgehead atoms. The largest absolute Gasteiger partial charge is 0.457 e. The molecule has 3 nitrogen and oxygen atoms in total. The Morgan fingerprint density at radius 2 is 1.25 bits per heavy atom. The molecule has 76 valence electrons. The first kappa shape index (κ1) is 8.81. The third-order valence-corrected chi connectivity index (χ3v) is 2.53. The Morgan fingerprint density at radius 1 is 0.812 bits per heavy atom. The smallest absolute Gasteiger partial charge is 0.189 e. The number of nitriles is 1. The van der Waals surface area contributed by atoms with E-state index in [0.29, 0.717) is 0 Å². The van der Waals surface area contributed by atoms with Crippen molar-refractivity contribution in [2.24, 2.45) is 0 Å². The van der Waals surface area contributed by atoms with E-state index in [0.717, 1.165) is 22.9 Å². The van der Waals surface area contributed by atoms with Crippen LogP contribution in [0, 0.1) is 11.5 Å². The summed E-state index contributed by atoms with van der Waals surface area (Å²) in [5, 5.41) is 9.16. The van der Waals surface area contributed by atoms with Crippen molar-refractivity contribution in [3.63, 3.8) is 0 Å². The SMILES string of the molecule is N#CN1c2ccc(cc2)Oc2ccc1cc2. The van der Waals surface area contributed by atoms with Crippen LogP contribution in [-0.4, -0.2) is 0 Å². The molecule has 6 rings (SSSR count). The first-order valence-corrected chi connectivity index (χ1v) is 4.95. The maximum atomic E-state index is 9.16. The first-order valence-electron chi connectivity index (χ1n) is 4.95. The van der Waals surface area contributed by atoms with Gasteiger partial charge in [0, 0.05) is 0 Å². The van der Waals surface area contributed by atoms with Gasteiger partial charge >= 0.3 is 0 Å². The molecule has 0 fully saturated rings. The van der Waals surface area contributed by atoms with E-state index in [1.807, 2.05) is 48.5 Å². The summed E-state index contributed by atoms with van der Waals surface area (Å²) in [4.78, 5) is 1.58. The summed E-state index contributed by atoms with van der Waals surface area (Å²) in [5.74, 6) is 1.55. The van der Waals surface area contributed by atoms with Crippen LogP contribution in [0.5, 0.6) is 11.5 Å². The van der Waals surface area contributed by atoms with E-state index in [1.165, 1.54) is 0 Å². The third-order valence-electron chi connectivity index (χ3n) is 2.53. The molecular weight excluding hydrogens is 200 g/mol. The monoisotopic (exact) mass is 208 g/mol. The molecule has 0 unspecified atom stereocenters. The number of benzene rings is 2. The molecular formula is C13H8N2O. The van der Waals surface area contributed by atoms with Crippen molar-refractivity contribution in [3.05, 3.63) is 48.5 Å². The lowest BCUT2D eigenvalue weighted by molar-refractivity contribution is 0.482. The van der Waals surface area contributed by atoms with Gasteiger partial charge < -0.3 is 4.74 Å². The predicted octanol–water partition coefficient (Wildman–Crippen LogP) is 3.41. The Bertz CT molecular complexity index is 506. The fraction of sp³-hybridized carbons (Fsp3) is 0. The van der Waals surface area contributed by atoms with Crippen molar-refractivity contribution in [1.29, 1.82) is 5.26 Å². The second kappa shape index (κ2) is 3.28. The Kier molecular flexibility index (Phi) is 1.81. The lowest BCUT2D eigenvalue weighted by atomic mass is 10.2. The normalized spacial score (nSPS) is 12.1. The predicted molar refractivity (Wildman–Crippen MR) is 60.7 cm³/mol. The summed E-state index contributed by atoms with van der Waals surface area (Å²) in [6.07, 6.45) is 2.17. The van der Waals surface area contributed by atoms with Gasteiger partial charge in [-0.25, -0.2) is 4.90 Å². The number of rotatable bonds is 0. The molecule has 16 heavy (non-hydrogen) atoms. The Morgan fingerprint density at radius 3 is 1.62 bits per heavy atom. The topological polar surface area (TPSA) is 36.3 Å². The minimum absolute atomic E-state index is 0.774. The van der Waals surface area contributed by atoms with Crippen LogP contribution in [0.4, 0.5) is 11.4 Å². The molecule has 0 saturated carbocycles. The molecule has 4 heterocycles. The second-order valence-electron chi connectivity index (χ2n) is 3.53. The van der Waals surface area contributed by atoms with E-state index in [9.17, 15) is 0 Å². The number of hydrogen-bond acceptors (Lipinski definition) is 3. The number of ether oxygens (including phenoxy) is 1. The summed E-state index contributed by atoms with van der Waals surface area (Å²) >= 11 is 0. The lowest BCUT2D eigenvalue weighted by Crippen LogP contribution is -2.09.